The van der Waals surface area contributed by atoms with Crippen LogP contribution in [-0.4, -0.2) is 23.7 Å². The molecule has 0 amide bonds. The summed E-state index contributed by atoms with van der Waals surface area (Å²) in [4.78, 5) is 10.7. The van der Waals surface area contributed by atoms with Crippen molar-refractivity contribution in [3.05, 3.63) is 29.6 Å². The number of carboxylic acids is 1. The average Bonchev–Trinajstić information content (AvgIpc) is 2.19. The predicted molar refractivity (Wildman–Crippen MR) is 55.2 cm³/mol. The van der Waals surface area contributed by atoms with Crippen molar-refractivity contribution < 1.29 is 14.3 Å². The largest absolute Gasteiger partial charge is 0.480 e. The van der Waals surface area contributed by atoms with E-state index in [1.807, 2.05) is 0 Å². The fraction of sp³-hybridized carbons (Fsp3) is 0.300. The minimum atomic E-state index is -1.06. The van der Waals surface area contributed by atoms with E-state index in [1.165, 1.54) is 6.07 Å². The summed E-state index contributed by atoms with van der Waals surface area (Å²) < 4.78 is 13.1. The first-order valence-electron chi connectivity index (χ1n) is 4.50. The lowest BCUT2D eigenvalue weighted by molar-refractivity contribution is -0.137. The van der Waals surface area contributed by atoms with E-state index in [-0.39, 0.29) is 12.4 Å². The fourth-order valence-electron chi connectivity index (χ4n) is 1.11. The molecule has 1 aromatic carbocycles. The third-order valence-corrected chi connectivity index (χ3v) is 2.05. The van der Waals surface area contributed by atoms with Crippen molar-refractivity contribution in [2.24, 2.45) is 5.73 Å². The number of aryl methyl sites for hydroxylation is 1. The molecule has 0 aromatic heterocycles. The van der Waals surface area contributed by atoms with Crippen LogP contribution in [-0.2, 0) is 4.79 Å². The maximum Gasteiger partial charge on any atom is 0.327 e. The van der Waals surface area contributed by atoms with Gasteiger partial charge in [-0.1, -0.05) is 6.07 Å². The lowest BCUT2D eigenvalue weighted by Gasteiger charge is -2.13. The second kappa shape index (κ2) is 4.75. The van der Waals surface area contributed by atoms with Gasteiger partial charge >= 0.3 is 5.97 Å². The van der Waals surface area contributed by atoms with E-state index in [0.29, 0.717) is 11.3 Å². The summed E-state index contributed by atoms with van der Waals surface area (Å²) in [6.07, 6.45) is 0. The monoisotopic (exact) mass is 212 g/mol. The molecular formula is C10H13FN2O2. The molecule has 0 saturated carbocycles. The zero-order chi connectivity index (χ0) is 11.4. The standard InChI is InChI=1S/C10H13FN2O2/c1-6-2-3-7(4-8(6)11)13-9(5-12)10(14)15/h2-4,9,13H,5,12H2,1H3,(H,14,15). The van der Waals surface area contributed by atoms with Gasteiger partial charge in [-0.3, -0.25) is 0 Å². The summed E-state index contributed by atoms with van der Waals surface area (Å²) in [7, 11) is 0. The third kappa shape index (κ3) is 2.92. The smallest absolute Gasteiger partial charge is 0.327 e. The Bertz CT molecular complexity index is 368. The van der Waals surface area contributed by atoms with E-state index >= 15 is 0 Å². The number of hydrogen-bond donors (Lipinski definition) is 3. The molecule has 1 aromatic rings. The van der Waals surface area contributed by atoms with Gasteiger partial charge in [0.2, 0.25) is 0 Å². The van der Waals surface area contributed by atoms with Crippen LogP contribution < -0.4 is 11.1 Å². The highest BCUT2D eigenvalue weighted by atomic mass is 19.1. The van der Waals surface area contributed by atoms with Crippen molar-refractivity contribution in [3.63, 3.8) is 0 Å². The number of halogens is 1. The molecule has 82 valence electrons. The number of carbonyl (C=O) groups is 1. The number of hydrogen-bond acceptors (Lipinski definition) is 3. The summed E-state index contributed by atoms with van der Waals surface area (Å²) in [6, 6.07) is 3.55. The van der Waals surface area contributed by atoms with Gasteiger partial charge in [0.1, 0.15) is 11.9 Å². The van der Waals surface area contributed by atoms with Crippen molar-refractivity contribution >= 4 is 11.7 Å². The molecule has 1 rings (SSSR count). The van der Waals surface area contributed by atoms with Gasteiger partial charge in [-0.15, -0.1) is 0 Å². The van der Waals surface area contributed by atoms with Gasteiger partial charge in [0.05, 0.1) is 0 Å². The Labute approximate surface area is 86.9 Å². The number of nitrogens with two attached hydrogens (primary N) is 1. The van der Waals surface area contributed by atoms with Crippen LogP contribution in [0.25, 0.3) is 0 Å². The number of nitrogens with one attached hydrogen (secondary N) is 1. The number of aliphatic carboxylic acids is 1. The zero-order valence-electron chi connectivity index (χ0n) is 8.33. The third-order valence-electron chi connectivity index (χ3n) is 2.05. The van der Waals surface area contributed by atoms with Crippen molar-refractivity contribution in [1.82, 2.24) is 0 Å². The highest BCUT2D eigenvalue weighted by Crippen LogP contribution is 2.14. The number of rotatable bonds is 4. The summed E-state index contributed by atoms with van der Waals surface area (Å²) >= 11 is 0. The lowest BCUT2D eigenvalue weighted by Crippen LogP contribution is -2.36. The van der Waals surface area contributed by atoms with Crippen molar-refractivity contribution in [2.45, 2.75) is 13.0 Å². The van der Waals surface area contributed by atoms with Crippen LogP contribution in [0.4, 0.5) is 10.1 Å². The van der Waals surface area contributed by atoms with Gasteiger partial charge in [-0.25, -0.2) is 9.18 Å². The van der Waals surface area contributed by atoms with Crippen LogP contribution in [0.1, 0.15) is 5.56 Å². The van der Waals surface area contributed by atoms with Gasteiger partial charge in [-0.2, -0.15) is 0 Å². The maximum atomic E-state index is 13.1. The molecule has 0 fully saturated rings. The van der Waals surface area contributed by atoms with Crippen LogP contribution in [0.15, 0.2) is 18.2 Å². The number of anilines is 1. The molecule has 0 aliphatic carbocycles. The van der Waals surface area contributed by atoms with E-state index < -0.39 is 12.0 Å². The average molecular weight is 212 g/mol. The molecule has 0 radical (unpaired) electrons. The van der Waals surface area contributed by atoms with Gasteiger partial charge in [0, 0.05) is 12.2 Å². The Balaban J connectivity index is 2.80. The van der Waals surface area contributed by atoms with Crippen LogP contribution >= 0.6 is 0 Å². The Morgan fingerprint density at radius 3 is 2.80 bits per heavy atom. The zero-order valence-corrected chi connectivity index (χ0v) is 8.33. The van der Waals surface area contributed by atoms with E-state index in [2.05, 4.69) is 5.32 Å². The minimum Gasteiger partial charge on any atom is -0.480 e. The van der Waals surface area contributed by atoms with Crippen LogP contribution in [0.3, 0.4) is 0 Å². The quantitative estimate of drug-likeness (QED) is 0.694. The highest BCUT2D eigenvalue weighted by molar-refractivity contribution is 5.77. The number of carboxylic acid groups (broad SMARTS) is 1. The molecule has 0 spiro atoms. The summed E-state index contributed by atoms with van der Waals surface area (Å²) in [5, 5.41) is 11.4. The molecular weight excluding hydrogens is 199 g/mol. The van der Waals surface area contributed by atoms with E-state index in [1.54, 1.807) is 19.1 Å². The van der Waals surface area contributed by atoms with E-state index in [4.69, 9.17) is 10.8 Å². The molecule has 0 aliphatic rings. The molecule has 1 unspecified atom stereocenters. The summed E-state index contributed by atoms with van der Waals surface area (Å²) in [6.45, 7) is 1.58. The predicted octanol–water partition coefficient (Wildman–Crippen LogP) is 0.958. The molecule has 0 heterocycles. The molecule has 5 heteroatoms. The molecule has 15 heavy (non-hydrogen) atoms. The van der Waals surface area contributed by atoms with Crippen LogP contribution in [0, 0.1) is 12.7 Å². The van der Waals surface area contributed by atoms with Gasteiger partial charge < -0.3 is 16.2 Å². The van der Waals surface area contributed by atoms with E-state index in [0.717, 1.165) is 0 Å². The van der Waals surface area contributed by atoms with E-state index in [9.17, 15) is 9.18 Å². The van der Waals surface area contributed by atoms with Gasteiger partial charge in [0.15, 0.2) is 0 Å². The molecule has 4 nitrogen and oxygen atoms in total. The minimum absolute atomic E-state index is 0.0508. The van der Waals surface area contributed by atoms with Crippen molar-refractivity contribution in [2.75, 3.05) is 11.9 Å². The molecule has 0 saturated heterocycles. The van der Waals surface area contributed by atoms with Crippen LogP contribution in [0.2, 0.25) is 0 Å². The van der Waals surface area contributed by atoms with Crippen molar-refractivity contribution in [3.8, 4) is 0 Å². The summed E-state index contributed by atoms with van der Waals surface area (Å²) in [5.41, 5.74) is 6.18. The molecule has 4 N–H and O–H groups in total. The fourth-order valence-corrected chi connectivity index (χ4v) is 1.11. The van der Waals surface area contributed by atoms with Gasteiger partial charge in [0.25, 0.3) is 0 Å². The maximum absolute atomic E-state index is 13.1. The second-order valence-corrected chi connectivity index (χ2v) is 3.23. The Morgan fingerprint density at radius 2 is 2.33 bits per heavy atom. The SMILES string of the molecule is Cc1ccc(NC(CN)C(=O)O)cc1F. The Morgan fingerprint density at radius 1 is 1.67 bits per heavy atom. The number of benzene rings is 1. The first-order valence-corrected chi connectivity index (χ1v) is 4.50. The van der Waals surface area contributed by atoms with Gasteiger partial charge in [-0.05, 0) is 24.6 Å². The second-order valence-electron chi connectivity index (χ2n) is 3.23. The normalized spacial score (nSPS) is 12.2. The van der Waals surface area contributed by atoms with Crippen molar-refractivity contribution in [1.29, 1.82) is 0 Å². The topological polar surface area (TPSA) is 75.3 Å². The summed E-state index contributed by atoms with van der Waals surface area (Å²) in [5.74, 6) is -1.43. The lowest BCUT2D eigenvalue weighted by atomic mass is 10.2. The first-order chi connectivity index (χ1) is 7.04. The Kier molecular flexibility index (Phi) is 3.62. The highest BCUT2D eigenvalue weighted by Gasteiger charge is 2.14. The Hall–Kier alpha value is -1.62. The molecule has 0 bridgehead atoms. The van der Waals surface area contributed by atoms with Crippen LogP contribution in [0.5, 0.6) is 0 Å². The molecule has 0 aliphatic heterocycles. The molecule has 1 atom stereocenters. The first kappa shape index (κ1) is 11.5.